The third kappa shape index (κ3) is 10.2. The first-order chi connectivity index (χ1) is 25.1. The van der Waals surface area contributed by atoms with Crippen molar-refractivity contribution in [3.05, 3.63) is 119 Å². The van der Waals surface area contributed by atoms with Gasteiger partial charge >= 0.3 is 0 Å². The molecule has 3 atom stereocenters. The average molecular weight is 731 g/mol. The highest BCUT2D eigenvalue weighted by molar-refractivity contribution is 6.30. The van der Waals surface area contributed by atoms with E-state index in [9.17, 15) is 23.6 Å². The van der Waals surface area contributed by atoms with E-state index in [2.05, 4.69) is 16.0 Å². The summed E-state index contributed by atoms with van der Waals surface area (Å²) in [6.45, 7) is 3.93. The summed E-state index contributed by atoms with van der Waals surface area (Å²) in [4.78, 5) is 56.2. The van der Waals surface area contributed by atoms with Crippen LogP contribution in [0.4, 0.5) is 4.39 Å². The van der Waals surface area contributed by atoms with E-state index in [4.69, 9.17) is 25.8 Å². The molecule has 52 heavy (non-hydrogen) atoms. The summed E-state index contributed by atoms with van der Waals surface area (Å²) < 4.78 is 32.5. The van der Waals surface area contributed by atoms with E-state index >= 15 is 0 Å². The van der Waals surface area contributed by atoms with Gasteiger partial charge in [0, 0.05) is 18.0 Å². The highest BCUT2D eigenvalue weighted by atomic mass is 35.5. The zero-order valence-corrected chi connectivity index (χ0v) is 29.5. The Labute approximate surface area is 306 Å². The SMILES string of the molecule is CCN1CCOc2ccccc2C(=O)N[C@H](C(=O)N[C@H](C)COc2c(F)cccc2Oc2cccc(Cl)c2)CC(=O)N[C@H](Cc2ccccc2)C1=O. The lowest BCUT2D eigenvalue weighted by Crippen LogP contribution is -2.54. The Bertz CT molecular complexity index is 1880. The summed E-state index contributed by atoms with van der Waals surface area (Å²) in [5.41, 5.74) is 0.980. The molecule has 1 heterocycles. The fraction of sp³-hybridized carbons (Fsp3) is 0.282. The summed E-state index contributed by atoms with van der Waals surface area (Å²) in [5.74, 6) is -2.41. The Morgan fingerprint density at radius 3 is 2.52 bits per heavy atom. The molecule has 13 heteroatoms. The second-order valence-corrected chi connectivity index (χ2v) is 12.6. The predicted molar refractivity (Wildman–Crippen MR) is 193 cm³/mol. The molecule has 0 aliphatic carbocycles. The van der Waals surface area contributed by atoms with Gasteiger partial charge in [0.25, 0.3) is 5.91 Å². The number of likely N-dealkylation sites (N-methyl/N-ethyl adjacent to an activating group) is 1. The predicted octanol–water partition coefficient (Wildman–Crippen LogP) is 5.31. The number of benzene rings is 4. The minimum Gasteiger partial charge on any atom is -0.491 e. The van der Waals surface area contributed by atoms with Crippen molar-refractivity contribution in [3.8, 4) is 23.0 Å². The standard InChI is InChI=1S/C39H40ClFN4O7/c1-3-45-19-20-50-33-17-8-7-15-29(33)37(47)44-31(23-35(46)43-32(39(45)49)21-26-11-5-4-6-12-26)38(48)42-25(2)24-51-36-30(41)16-10-18-34(36)52-28-14-9-13-27(40)22-28/h4-18,22,25,31-32H,3,19-21,23-24H2,1-2H3,(H,42,48)(H,43,46)(H,44,47)/t25-,31+,32-/m1/s1. The number of amides is 4. The molecular formula is C39H40ClFN4O7. The Morgan fingerprint density at radius 1 is 1.00 bits per heavy atom. The average Bonchev–Trinajstić information content (AvgIpc) is 3.12. The summed E-state index contributed by atoms with van der Waals surface area (Å²) >= 11 is 6.06. The minimum absolute atomic E-state index is 0.0885. The molecule has 0 spiro atoms. The van der Waals surface area contributed by atoms with Crippen LogP contribution in [0.5, 0.6) is 23.0 Å². The van der Waals surface area contributed by atoms with Crippen LogP contribution in [0.1, 0.15) is 36.2 Å². The summed E-state index contributed by atoms with van der Waals surface area (Å²) in [5, 5.41) is 8.64. The molecule has 4 aromatic carbocycles. The first-order valence-electron chi connectivity index (χ1n) is 16.9. The van der Waals surface area contributed by atoms with Gasteiger partial charge < -0.3 is 35.1 Å². The van der Waals surface area contributed by atoms with Crippen LogP contribution >= 0.6 is 11.6 Å². The molecule has 1 aliphatic rings. The number of nitrogens with zero attached hydrogens (tertiary/aromatic N) is 1. The second kappa shape index (κ2) is 18.0. The van der Waals surface area contributed by atoms with Gasteiger partial charge in [0.05, 0.1) is 24.6 Å². The van der Waals surface area contributed by atoms with Gasteiger partial charge in [-0.05, 0) is 61.9 Å². The molecule has 0 saturated carbocycles. The monoisotopic (exact) mass is 730 g/mol. The molecule has 11 nitrogen and oxygen atoms in total. The zero-order valence-electron chi connectivity index (χ0n) is 28.8. The summed E-state index contributed by atoms with van der Waals surface area (Å²) in [7, 11) is 0. The van der Waals surface area contributed by atoms with Crippen LogP contribution in [0.2, 0.25) is 5.02 Å². The number of hydrogen-bond acceptors (Lipinski definition) is 7. The Kier molecular flexibility index (Phi) is 13.1. The van der Waals surface area contributed by atoms with Crippen molar-refractivity contribution in [2.24, 2.45) is 0 Å². The zero-order chi connectivity index (χ0) is 37.0. The molecule has 5 rings (SSSR count). The van der Waals surface area contributed by atoms with Crippen molar-refractivity contribution < 1.29 is 37.8 Å². The van der Waals surface area contributed by atoms with Crippen molar-refractivity contribution in [2.45, 2.75) is 44.8 Å². The molecule has 0 unspecified atom stereocenters. The molecule has 3 N–H and O–H groups in total. The fourth-order valence-corrected chi connectivity index (χ4v) is 5.76. The number of ether oxygens (including phenoxy) is 3. The van der Waals surface area contributed by atoms with Gasteiger partial charge in [-0.1, -0.05) is 66.2 Å². The van der Waals surface area contributed by atoms with E-state index in [1.807, 2.05) is 37.3 Å². The number of nitrogens with one attached hydrogen (secondary N) is 3. The molecule has 0 saturated heterocycles. The molecule has 0 bridgehead atoms. The van der Waals surface area contributed by atoms with Crippen LogP contribution in [0.25, 0.3) is 0 Å². The fourth-order valence-electron chi connectivity index (χ4n) is 5.58. The van der Waals surface area contributed by atoms with E-state index in [1.54, 1.807) is 54.3 Å². The second-order valence-electron chi connectivity index (χ2n) is 12.1. The maximum atomic E-state index is 14.9. The van der Waals surface area contributed by atoms with Crippen molar-refractivity contribution in [1.29, 1.82) is 0 Å². The Hall–Kier alpha value is -5.62. The Morgan fingerprint density at radius 2 is 1.75 bits per heavy atom. The van der Waals surface area contributed by atoms with E-state index in [0.717, 1.165) is 5.56 Å². The maximum Gasteiger partial charge on any atom is 0.255 e. The normalized spacial score (nSPS) is 17.4. The molecule has 0 radical (unpaired) electrons. The van der Waals surface area contributed by atoms with Crippen LogP contribution in [0.3, 0.4) is 0 Å². The van der Waals surface area contributed by atoms with Crippen molar-refractivity contribution >= 4 is 35.2 Å². The van der Waals surface area contributed by atoms with Gasteiger partial charge in [-0.2, -0.15) is 0 Å². The topological polar surface area (TPSA) is 135 Å². The van der Waals surface area contributed by atoms with Gasteiger partial charge in [-0.25, -0.2) is 4.39 Å². The highest BCUT2D eigenvalue weighted by Gasteiger charge is 2.31. The van der Waals surface area contributed by atoms with Crippen LogP contribution in [0.15, 0.2) is 97.1 Å². The lowest BCUT2D eigenvalue weighted by atomic mass is 10.0. The molecular weight excluding hydrogens is 691 g/mol. The number of para-hydroxylation sites is 2. The van der Waals surface area contributed by atoms with E-state index in [0.29, 0.717) is 17.3 Å². The molecule has 272 valence electrons. The van der Waals surface area contributed by atoms with Crippen molar-refractivity contribution in [1.82, 2.24) is 20.9 Å². The number of carbonyl (C=O) groups is 4. The third-order valence-electron chi connectivity index (χ3n) is 8.19. The molecule has 0 fully saturated rings. The van der Waals surface area contributed by atoms with Gasteiger partial charge in [0.1, 0.15) is 36.8 Å². The van der Waals surface area contributed by atoms with Gasteiger partial charge in [-0.3, -0.25) is 19.2 Å². The molecule has 4 amide bonds. The highest BCUT2D eigenvalue weighted by Crippen LogP contribution is 2.34. The summed E-state index contributed by atoms with van der Waals surface area (Å²) in [6.07, 6.45) is -0.272. The minimum atomic E-state index is -1.36. The lowest BCUT2D eigenvalue weighted by molar-refractivity contribution is -0.137. The smallest absolute Gasteiger partial charge is 0.255 e. The number of carbonyl (C=O) groups excluding carboxylic acids is 4. The molecule has 4 aromatic rings. The molecule has 0 aromatic heterocycles. The van der Waals surface area contributed by atoms with Gasteiger partial charge in [0.15, 0.2) is 17.3 Å². The maximum absolute atomic E-state index is 14.9. The van der Waals surface area contributed by atoms with E-state index < -0.39 is 48.1 Å². The van der Waals surface area contributed by atoms with Crippen LogP contribution in [-0.2, 0) is 20.8 Å². The largest absolute Gasteiger partial charge is 0.491 e. The van der Waals surface area contributed by atoms with E-state index in [1.165, 1.54) is 24.3 Å². The van der Waals surface area contributed by atoms with Crippen molar-refractivity contribution in [2.75, 3.05) is 26.3 Å². The van der Waals surface area contributed by atoms with Gasteiger partial charge in [-0.15, -0.1) is 0 Å². The first kappa shape index (κ1) is 37.6. The van der Waals surface area contributed by atoms with Crippen molar-refractivity contribution in [3.63, 3.8) is 0 Å². The number of halogens is 2. The van der Waals surface area contributed by atoms with Gasteiger partial charge in [0.2, 0.25) is 17.7 Å². The van der Waals surface area contributed by atoms with Crippen LogP contribution in [0, 0.1) is 5.82 Å². The lowest BCUT2D eigenvalue weighted by Gasteiger charge is -2.28. The molecule has 1 aliphatic heterocycles. The van der Waals surface area contributed by atoms with Crippen LogP contribution < -0.4 is 30.2 Å². The summed E-state index contributed by atoms with van der Waals surface area (Å²) in [6, 6.07) is 23.5. The number of fused-ring (bicyclic) bond motifs is 1. The number of hydrogen-bond donors (Lipinski definition) is 3. The van der Waals surface area contributed by atoms with Crippen LogP contribution in [-0.4, -0.2) is 73.0 Å². The Balaban J connectivity index is 1.34. The first-order valence-corrected chi connectivity index (χ1v) is 17.3. The third-order valence-corrected chi connectivity index (χ3v) is 8.43. The quantitative estimate of drug-likeness (QED) is 0.201. The number of rotatable bonds is 10. The van der Waals surface area contributed by atoms with E-state index in [-0.39, 0.29) is 54.9 Å².